The van der Waals surface area contributed by atoms with E-state index in [1.807, 2.05) is 0 Å². The highest BCUT2D eigenvalue weighted by atomic mass is 16.5. The highest BCUT2D eigenvalue weighted by Crippen LogP contribution is 2.24. The number of amides is 1. The third-order valence-electron chi connectivity index (χ3n) is 3.92. The smallest absolute Gasteiger partial charge is 0.258 e. The van der Waals surface area contributed by atoms with Crippen LogP contribution in [-0.4, -0.2) is 37.4 Å². The Hall–Kier alpha value is -1.75. The molecule has 1 aromatic carbocycles. The van der Waals surface area contributed by atoms with Crippen LogP contribution < -0.4 is 14.8 Å². The fourth-order valence-corrected chi connectivity index (χ4v) is 2.69. The van der Waals surface area contributed by atoms with E-state index in [9.17, 15) is 9.90 Å². The fourth-order valence-electron chi connectivity index (χ4n) is 2.69. The van der Waals surface area contributed by atoms with E-state index in [4.69, 9.17) is 9.47 Å². The average Bonchev–Trinajstić information content (AvgIpc) is 2.54. The van der Waals surface area contributed by atoms with Gasteiger partial charge < -0.3 is 19.9 Å². The quantitative estimate of drug-likeness (QED) is 0.838. The predicted octanol–water partition coefficient (Wildman–Crippen LogP) is 1.74. The molecule has 2 unspecified atom stereocenters. The van der Waals surface area contributed by atoms with Crippen molar-refractivity contribution >= 4 is 5.91 Å². The van der Waals surface area contributed by atoms with Gasteiger partial charge in [-0.25, -0.2) is 0 Å². The molecular weight excluding hydrogens is 270 g/mol. The van der Waals surface area contributed by atoms with E-state index in [-0.39, 0.29) is 31.1 Å². The van der Waals surface area contributed by atoms with Crippen LogP contribution in [0.15, 0.2) is 24.3 Å². The first kappa shape index (κ1) is 15.6. The van der Waals surface area contributed by atoms with Crippen LogP contribution in [0.4, 0.5) is 0 Å². The number of hydrogen-bond donors (Lipinski definition) is 2. The maximum absolute atomic E-state index is 11.9. The molecule has 1 saturated carbocycles. The zero-order valence-corrected chi connectivity index (χ0v) is 12.4. The van der Waals surface area contributed by atoms with Crippen LogP contribution in [0.1, 0.15) is 25.7 Å². The van der Waals surface area contributed by atoms with Crippen molar-refractivity contribution in [3.8, 4) is 11.5 Å². The maximum Gasteiger partial charge on any atom is 0.258 e. The first-order chi connectivity index (χ1) is 10.2. The number of carbonyl (C=O) groups is 1. The Morgan fingerprint density at radius 2 is 1.90 bits per heavy atom. The molecule has 2 N–H and O–H groups in total. The van der Waals surface area contributed by atoms with Gasteiger partial charge in [-0.15, -0.1) is 0 Å². The van der Waals surface area contributed by atoms with Crippen molar-refractivity contribution in [2.45, 2.75) is 31.7 Å². The van der Waals surface area contributed by atoms with Gasteiger partial charge in [-0.2, -0.15) is 0 Å². The molecule has 0 spiro atoms. The minimum Gasteiger partial charge on any atom is -0.497 e. The Labute approximate surface area is 125 Å². The molecule has 1 aliphatic rings. The van der Waals surface area contributed by atoms with E-state index in [1.54, 1.807) is 31.4 Å². The van der Waals surface area contributed by atoms with Crippen LogP contribution in [0.2, 0.25) is 0 Å². The van der Waals surface area contributed by atoms with Gasteiger partial charge in [0.15, 0.2) is 6.61 Å². The molecule has 2 atom stereocenters. The number of aliphatic hydroxyl groups is 1. The normalized spacial score (nSPS) is 21.6. The van der Waals surface area contributed by atoms with E-state index >= 15 is 0 Å². The lowest BCUT2D eigenvalue weighted by Gasteiger charge is -2.30. The average molecular weight is 293 g/mol. The van der Waals surface area contributed by atoms with E-state index in [2.05, 4.69) is 5.32 Å². The van der Waals surface area contributed by atoms with Crippen molar-refractivity contribution < 1.29 is 19.4 Å². The molecule has 0 radical (unpaired) electrons. The van der Waals surface area contributed by atoms with Crippen molar-refractivity contribution in [3.63, 3.8) is 0 Å². The minimum absolute atomic E-state index is 0.0129. The SMILES string of the molecule is COc1ccc(OCC(=O)NC2CCCCC2CO)cc1. The molecule has 1 aromatic rings. The lowest BCUT2D eigenvalue weighted by Crippen LogP contribution is -2.45. The summed E-state index contributed by atoms with van der Waals surface area (Å²) in [5, 5.41) is 12.3. The Balaban J connectivity index is 1.78. The summed E-state index contributed by atoms with van der Waals surface area (Å²) in [4.78, 5) is 11.9. The van der Waals surface area contributed by atoms with Gasteiger partial charge in [0, 0.05) is 18.6 Å². The van der Waals surface area contributed by atoms with E-state index < -0.39 is 0 Å². The summed E-state index contributed by atoms with van der Waals surface area (Å²) in [5.41, 5.74) is 0. The number of benzene rings is 1. The van der Waals surface area contributed by atoms with Gasteiger partial charge in [0.2, 0.25) is 0 Å². The summed E-state index contributed by atoms with van der Waals surface area (Å²) >= 11 is 0. The zero-order chi connectivity index (χ0) is 15.1. The highest BCUT2D eigenvalue weighted by molar-refractivity contribution is 5.77. The highest BCUT2D eigenvalue weighted by Gasteiger charge is 2.25. The third-order valence-corrected chi connectivity index (χ3v) is 3.92. The Morgan fingerprint density at radius 3 is 2.57 bits per heavy atom. The molecule has 0 aliphatic heterocycles. The number of rotatable bonds is 6. The van der Waals surface area contributed by atoms with Crippen molar-refractivity contribution in [1.29, 1.82) is 0 Å². The molecule has 0 heterocycles. The molecule has 1 amide bonds. The van der Waals surface area contributed by atoms with Crippen LogP contribution in [0.25, 0.3) is 0 Å². The molecule has 0 saturated heterocycles. The van der Waals surface area contributed by atoms with Gasteiger partial charge in [0.05, 0.1) is 7.11 Å². The molecule has 5 nitrogen and oxygen atoms in total. The summed E-state index contributed by atoms with van der Waals surface area (Å²) in [6, 6.07) is 7.18. The van der Waals surface area contributed by atoms with Gasteiger partial charge in [0.25, 0.3) is 5.91 Å². The molecule has 21 heavy (non-hydrogen) atoms. The van der Waals surface area contributed by atoms with Crippen LogP contribution in [0, 0.1) is 5.92 Å². The largest absolute Gasteiger partial charge is 0.497 e. The van der Waals surface area contributed by atoms with E-state index in [1.165, 1.54) is 0 Å². The molecule has 1 fully saturated rings. The number of hydrogen-bond acceptors (Lipinski definition) is 4. The van der Waals surface area contributed by atoms with Gasteiger partial charge in [-0.05, 0) is 37.1 Å². The summed E-state index contributed by atoms with van der Waals surface area (Å²) in [7, 11) is 1.60. The number of carbonyl (C=O) groups excluding carboxylic acids is 1. The van der Waals surface area contributed by atoms with E-state index in [0.717, 1.165) is 31.4 Å². The summed E-state index contributed by atoms with van der Waals surface area (Å²) in [5.74, 6) is 1.41. The topological polar surface area (TPSA) is 67.8 Å². The van der Waals surface area contributed by atoms with Crippen LogP contribution in [0.5, 0.6) is 11.5 Å². The van der Waals surface area contributed by atoms with Crippen molar-refractivity contribution in [1.82, 2.24) is 5.32 Å². The Kier molecular flexibility index (Phi) is 5.87. The van der Waals surface area contributed by atoms with Gasteiger partial charge in [-0.1, -0.05) is 12.8 Å². The molecular formula is C16H23NO4. The minimum atomic E-state index is -0.142. The standard InChI is InChI=1S/C16H23NO4/c1-20-13-6-8-14(9-7-13)21-11-16(19)17-15-5-3-2-4-12(15)10-18/h6-9,12,15,18H,2-5,10-11H2,1H3,(H,17,19). The van der Waals surface area contributed by atoms with Gasteiger partial charge in [0.1, 0.15) is 11.5 Å². The molecule has 2 rings (SSSR count). The first-order valence-electron chi connectivity index (χ1n) is 7.40. The second kappa shape index (κ2) is 7.88. The van der Waals surface area contributed by atoms with Crippen molar-refractivity contribution in [2.75, 3.05) is 20.3 Å². The second-order valence-electron chi connectivity index (χ2n) is 5.37. The Morgan fingerprint density at radius 1 is 1.24 bits per heavy atom. The molecule has 5 heteroatoms. The number of aliphatic hydroxyl groups excluding tert-OH is 1. The second-order valence-corrected chi connectivity index (χ2v) is 5.37. The van der Waals surface area contributed by atoms with Crippen LogP contribution in [-0.2, 0) is 4.79 Å². The van der Waals surface area contributed by atoms with Crippen molar-refractivity contribution in [2.24, 2.45) is 5.92 Å². The van der Waals surface area contributed by atoms with Crippen LogP contribution >= 0.6 is 0 Å². The summed E-state index contributed by atoms with van der Waals surface area (Å²) in [6.07, 6.45) is 4.13. The third kappa shape index (κ3) is 4.63. The van der Waals surface area contributed by atoms with Crippen LogP contribution in [0.3, 0.4) is 0 Å². The molecule has 0 bridgehead atoms. The number of methoxy groups -OCH3 is 1. The monoisotopic (exact) mass is 293 g/mol. The van der Waals surface area contributed by atoms with Crippen molar-refractivity contribution in [3.05, 3.63) is 24.3 Å². The van der Waals surface area contributed by atoms with Gasteiger partial charge in [-0.3, -0.25) is 4.79 Å². The number of nitrogens with one attached hydrogen (secondary N) is 1. The Bertz CT molecular complexity index is 446. The first-order valence-corrected chi connectivity index (χ1v) is 7.40. The molecule has 0 aromatic heterocycles. The maximum atomic E-state index is 11.9. The summed E-state index contributed by atoms with van der Waals surface area (Å²) < 4.78 is 10.5. The predicted molar refractivity (Wildman–Crippen MR) is 79.5 cm³/mol. The molecule has 1 aliphatic carbocycles. The molecule has 116 valence electrons. The lowest BCUT2D eigenvalue weighted by molar-refractivity contribution is -0.124. The van der Waals surface area contributed by atoms with Gasteiger partial charge >= 0.3 is 0 Å². The fraction of sp³-hybridized carbons (Fsp3) is 0.562. The van der Waals surface area contributed by atoms with E-state index in [0.29, 0.717) is 5.75 Å². The zero-order valence-electron chi connectivity index (χ0n) is 12.4. The number of ether oxygens (including phenoxy) is 2. The lowest BCUT2D eigenvalue weighted by atomic mass is 9.85. The summed E-state index contributed by atoms with van der Waals surface area (Å²) in [6.45, 7) is 0.116.